The minimum atomic E-state index is 0.912. The number of furan rings is 3. The highest BCUT2D eigenvalue weighted by molar-refractivity contribution is 7.28. The molecular weight excluding hydrogens is 1510 g/mol. The van der Waals surface area contributed by atoms with Crippen LogP contribution in [0.1, 0.15) is 0 Å². The maximum atomic E-state index is 6.72. The fraction of sp³-hybridized carbons (Fsp3) is 0. The molecule has 0 aliphatic heterocycles. The Labute approximate surface area is 692 Å². The molecule has 18 aromatic carbocycles. The number of rotatable bonds is 7. The van der Waals surface area contributed by atoms with Crippen LogP contribution in [0.5, 0.6) is 0 Å². The number of nitrogens with zero attached hydrogens (tertiary/aromatic N) is 3. The van der Waals surface area contributed by atoms with E-state index in [0.29, 0.717) is 0 Å². The molecule has 0 unspecified atom stereocenters. The molecule has 556 valence electrons. The molecule has 27 rings (SSSR count). The van der Waals surface area contributed by atoms with E-state index < -0.39 is 0 Å². The van der Waals surface area contributed by atoms with Gasteiger partial charge in [0, 0.05) is 123 Å². The zero-order valence-corrected chi connectivity index (χ0v) is 66.3. The third-order valence-electron chi connectivity index (χ3n) is 24.2. The van der Waals surface area contributed by atoms with E-state index >= 15 is 0 Å². The van der Waals surface area contributed by atoms with Gasteiger partial charge in [0.25, 0.3) is 0 Å². The molecule has 0 aliphatic rings. The first-order valence-electron chi connectivity index (χ1n) is 40.3. The van der Waals surface area contributed by atoms with Gasteiger partial charge in [0.1, 0.15) is 33.5 Å². The Kier molecular flexibility index (Phi) is 15.2. The van der Waals surface area contributed by atoms with E-state index in [4.69, 9.17) is 13.3 Å². The van der Waals surface area contributed by atoms with Crippen molar-refractivity contribution in [2.75, 3.05) is 0 Å². The minimum absolute atomic E-state index is 0.912. The molecule has 9 heterocycles. The van der Waals surface area contributed by atoms with Crippen LogP contribution in [0.15, 0.2) is 408 Å². The molecule has 0 bridgehead atoms. The number of benzene rings is 18. The molecule has 9 heteroatoms. The lowest BCUT2D eigenvalue weighted by molar-refractivity contribution is 0.669. The standard InChI is InChI=1S/C38H23NOS.2C36H21NOS/c1-3-10-24(11-4-1)25-18-20-29-30-21-19-26(23-34(30)40-33(29)22-25)28-15-9-17-35-36(28)37-38(41-35)31-14-7-8-16-32(31)39(37)27-12-5-2-6-13-27;1-2-11-23(12-3-1)37-31-19-7-6-14-29(31)36-32(37)30-18-9-17-28(35(30)39-36)26-16-8-15-25-27-21-20-22-10-4-5-13-24(22)33(27)38-34(25)26;1-2-10-24(11-3-1)37-31-16-7-6-13-29(31)36-33(37)30-20-18-23(21-32(30)39-36)26-14-8-15-27-28-19-17-22-9-4-5-12-25(22)34(28)38-35(26)27/h1-23H;2*1-21H. The third kappa shape index (κ3) is 10.5. The summed E-state index contributed by atoms with van der Waals surface area (Å²) in [6.45, 7) is 0. The van der Waals surface area contributed by atoms with Gasteiger partial charge in [0.05, 0.1) is 47.2 Å². The Morgan fingerprint density at radius 3 is 1.16 bits per heavy atom. The molecule has 0 radical (unpaired) electrons. The average molecular weight is 1570 g/mol. The summed E-state index contributed by atoms with van der Waals surface area (Å²) in [4.78, 5) is 0. The number of aromatic nitrogens is 3. The maximum Gasteiger partial charge on any atom is 0.143 e. The van der Waals surface area contributed by atoms with Gasteiger partial charge < -0.3 is 27.0 Å². The van der Waals surface area contributed by atoms with Gasteiger partial charge in [-0.15, -0.1) is 34.0 Å². The Hall–Kier alpha value is -14.8. The topological polar surface area (TPSA) is 54.2 Å². The lowest BCUT2D eigenvalue weighted by Crippen LogP contribution is -1.93. The van der Waals surface area contributed by atoms with Crippen LogP contribution in [0, 0.1) is 0 Å². The summed E-state index contributed by atoms with van der Waals surface area (Å²) in [5, 5.41) is 19.3. The summed E-state index contributed by atoms with van der Waals surface area (Å²) in [6, 6.07) is 141. The molecule has 0 spiro atoms. The van der Waals surface area contributed by atoms with Crippen LogP contribution in [0.4, 0.5) is 0 Å². The Morgan fingerprint density at radius 2 is 0.580 bits per heavy atom. The molecule has 0 N–H and O–H groups in total. The van der Waals surface area contributed by atoms with Crippen molar-refractivity contribution in [3.05, 3.63) is 394 Å². The predicted octanol–water partition coefficient (Wildman–Crippen LogP) is 32.7. The monoisotopic (exact) mass is 1570 g/mol. The smallest absolute Gasteiger partial charge is 0.143 e. The minimum Gasteiger partial charge on any atom is -0.456 e. The van der Waals surface area contributed by atoms with E-state index in [1.165, 1.54) is 144 Å². The highest BCUT2D eigenvalue weighted by Crippen LogP contribution is 2.52. The lowest BCUT2D eigenvalue weighted by Gasteiger charge is -2.10. The maximum absolute atomic E-state index is 6.72. The fourth-order valence-corrected chi connectivity index (χ4v) is 22.7. The number of hydrogen-bond donors (Lipinski definition) is 0. The number of para-hydroxylation sites is 8. The van der Waals surface area contributed by atoms with Crippen molar-refractivity contribution in [3.8, 4) is 61.6 Å². The molecule has 0 saturated heterocycles. The van der Waals surface area contributed by atoms with Crippen molar-refractivity contribution in [2.24, 2.45) is 0 Å². The Balaban J connectivity index is 0.0000000992. The van der Waals surface area contributed by atoms with Gasteiger partial charge >= 0.3 is 0 Å². The van der Waals surface area contributed by atoms with E-state index in [9.17, 15) is 0 Å². The normalized spacial score (nSPS) is 12.0. The molecule has 0 fully saturated rings. The third-order valence-corrected chi connectivity index (χ3v) is 27.8. The van der Waals surface area contributed by atoms with Gasteiger partial charge in [0.15, 0.2) is 0 Å². The molecular formula is C110H65N3O3S3. The zero-order valence-electron chi connectivity index (χ0n) is 63.8. The highest BCUT2D eigenvalue weighted by atomic mass is 32.1. The Bertz CT molecular complexity index is 8810. The fourth-order valence-electron chi connectivity index (χ4n) is 18.9. The average Bonchev–Trinajstić information content (AvgIpc) is 1.56. The molecule has 0 amide bonds. The predicted molar refractivity (Wildman–Crippen MR) is 507 cm³/mol. The lowest BCUT2D eigenvalue weighted by atomic mass is 9.99. The van der Waals surface area contributed by atoms with Crippen LogP contribution in [-0.4, -0.2) is 13.7 Å². The van der Waals surface area contributed by atoms with Gasteiger partial charge in [0.2, 0.25) is 0 Å². The number of fused-ring (bicyclic) bond motifs is 28. The van der Waals surface area contributed by atoms with E-state index in [1.54, 1.807) is 0 Å². The van der Waals surface area contributed by atoms with E-state index in [1.807, 2.05) is 40.1 Å². The summed E-state index contributed by atoms with van der Waals surface area (Å²) >= 11 is 5.64. The number of thiophene rings is 3. The van der Waals surface area contributed by atoms with Crippen molar-refractivity contribution in [1.29, 1.82) is 0 Å². The van der Waals surface area contributed by atoms with Crippen LogP contribution < -0.4 is 0 Å². The summed E-state index contributed by atoms with van der Waals surface area (Å²) in [5.74, 6) is 0. The van der Waals surface area contributed by atoms with Crippen LogP contribution in [-0.2, 0) is 0 Å². The van der Waals surface area contributed by atoms with Gasteiger partial charge in [-0.2, -0.15) is 0 Å². The van der Waals surface area contributed by atoms with Crippen molar-refractivity contribution in [2.45, 2.75) is 0 Å². The van der Waals surface area contributed by atoms with Crippen molar-refractivity contribution >= 4 is 215 Å². The van der Waals surface area contributed by atoms with Gasteiger partial charge in [-0.05, 0) is 142 Å². The first-order valence-corrected chi connectivity index (χ1v) is 42.7. The van der Waals surface area contributed by atoms with Gasteiger partial charge in [-0.3, -0.25) is 0 Å². The first-order chi connectivity index (χ1) is 59.0. The zero-order chi connectivity index (χ0) is 77.9. The number of hydrogen-bond acceptors (Lipinski definition) is 6. The molecule has 0 atom stereocenters. The van der Waals surface area contributed by atoms with Crippen LogP contribution in [0.25, 0.3) is 243 Å². The van der Waals surface area contributed by atoms with E-state index in [2.05, 4.69) is 402 Å². The summed E-state index contributed by atoms with van der Waals surface area (Å²) in [7, 11) is 0. The summed E-state index contributed by atoms with van der Waals surface area (Å²) in [6.07, 6.45) is 0. The van der Waals surface area contributed by atoms with Crippen molar-refractivity contribution in [3.63, 3.8) is 0 Å². The molecule has 6 nitrogen and oxygen atoms in total. The SMILES string of the molecule is c1ccc(-c2ccc3c(c2)oc2cc(-c4cccc5sc6c7ccccc7n(-c7ccccc7)c6c45)ccc23)cc1.c1ccc(-n2c3ccccc3c3sc4c(-c5cccc6c5oc5c7ccccc7ccc65)cccc4c32)cc1.c1ccc(-n2c3ccccc3c3sc4cc(-c5cccc6c5oc5c7ccccc7ccc65)ccc4c32)cc1. The van der Waals surface area contributed by atoms with Crippen LogP contribution in [0.3, 0.4) is 0 Å². The highest BCUT2D eigenvalue weighted by Gasteiger charge is 2.26. The molecule has 119 heavy (non-hydrogen) atoms. The van der Waals surface area contributed by atoms with Crippen molar-refractivity contribution < 1.29 is 13.3 Å². The van der Waals surface area contributed by atoms with E-state index in [0.717, 1.165) is 98.8 Å². The van der Waals surface area contributed by atoms with Gasteiger partial charge in [-0.25, -0.2) is 0 Å². The second-order valence-electron chi connectivity index (χ2n) is 30.8. The summed E-state index contributed by atoms with van der Waals surface area (Å²) < 4.78 is 34.9. The molecule has 27 aromatic rings. The van der Waals surface area contributed by atoms with Crippen LogP contribution in [0.2, 0.25) is 0 Å². The first kappa shape index (κ1) is 67.5. The van der Waals surface area contributed by atoms with Crippen molar-refractivity contribution in [1.82, 2.24) is 13.7 Å². The molecule has 9 aromatic heterocycles. The molecule has 0 aliphatic carbocycles. The second kappa shape index (κ2) is 26.9. The largest absolute Gasteiger partial charge is 0.456 e. The Morgan fingerprint density at radius 1 is 0.193 bits per heavy atom. The summed E-state index contributed by atoms with van der Waals surface area (Å²) in [5.41, 5.74) is 26.1. The quantitative estimate of drug-likeness (QED) is 0.160. The second-order valence-corrected chi connectivity index (χ2v) is 33.9. The van der Waals surface area contributed by atoms with Crippen LogP contribution >= 0.6 is 34.0 Å². The molecule has 0 saturated carbocycles. The van der Waals surface area contributed by atoms with E-state index in [-0.39, 0.29) is 0 Å². The van der Waals surface area contributed by atoms with Gasteiger partial charge in [-0.1, -0.05) is 291 Å².